The van der Waals surface area contributed by atoms with E-state index in [0.29, 0.717) is 13.2 Å². The number of aromatic nitrogens is 2. The van der Waals surface area contributed by atoms with Crippen molar-refractivity contribution in [3.8, 4) is 5.75 Å². The van der Waals surface area contributed by atoms with Gasteiger partial charge >= 0.3 is 0 Å². The van der Waals surface area contributed by atoms with Crippen molar-refractivity contribution in [3.05, 3.63) is 42.9 Å². The fourth-order valence-corrected chi connectivity index (χ4v) is 3.73. The topological polar surface area (TPSA) is 76.6 Å². The van der Waals surface area contributed by atoms with Crippen molar-refractivity contribution in [2.75, 3.05) is 36.5 Å². The summed E-state index contributed by atoms with van der Waals surface area (Å²) in [7, 11) is 0. The van der Waals surface area contributed by atoms with Gasteiger partial charge in [0.1, 0.15) is 18.2 Å². The summed E-state index contributed by atoms with van der Waals surface area (Å²) in [6.07, 6.45) is 9.23. The van der Waals surface area contributed by atoms with Gasteiger partial charge in [0, 0.05) is 43.8 Å². The zero-order chi connectivity index (χ0) is 19.2. The molecule has 148 valence electrons. The highest BCUT2D eigenvalue weighted by molar-refractivity contribution is 5.93. The summed E-state index contributed by atoms with van der Waals surface area (Å²) in [5, 5.41) is 3.04. The van der Waals surface area contributed by atoms with Crippen molar-refractivity contribution in [1.82, 2.24) is 9.97 Å². The van der Waals surface area contributed by atoms with Gasteiger partial charge in [0.25, 0.3) is 0 Å². The molecular weight excluding hydrogens is 356 g/mol. The van der Waals surface area contributed by atoms with Crippen LogP contribution < -0.4 is 15.0 Å². The maximum absolute atomic E-state index is 12.8. The lowest BCUT2D eigenvalue weighted by Gasteiger charge is -2.32. The van der Waals surface area contributed by atoms with Gasteiger partial charge in [-0.1, -0.05) is 6.07 Å². The van der Waals surface area contributed by atoms with E-state index in [1.807, 2.05) is 24.3 Å². The predicted octanol–water partition coefficient (Wildman–Crippen LogP) is 2.89. The Morgan fingerprint density at radius 3 is 3.07 bits per heavy atom. The minimum absolute atomic E-state index is 0.0323. The van der Waals surface area contributed by atoms with E-state index in [2.05, 4.69) is 20.2 Å². The third-order valence-electron chi connectivity index (χ3n) is 5.23. The van der Waals surface area contributed by atoms with Crippen LogP contribution in [0.1, 0.15) is 25.7 Å². The maximum atomic E-state index is 12.8. The Kier molecular flexibility index (Phi) is 6.01. The van der Waals surface area contributed by atoms with Gasteiger partial charge in [-0.3, -0.25) is 9.78 Å². The molecule has 7 heteroatoms. The van der Waals surface area contributed by atoms with E-state index < -0.39 is 0 Å². The van der Waals surface area contributed by atoms with E-state index in [4.69, 9.17) is 9.47 Å². The summed E-state index contributed by atoms with van der Waals surface area (Å²) in [6.45, 7) is 2.92. The van der Waals surface area contributed by atoms with E-state index in [0.717, 1.165) is 56.1 Å². The number of ether oxygens (including phenoxy) is 2. The molecule has 2 aliphatic rings. The first-order valence-electron chi connectivity index (χ1n) is 9.94. The zero-order valence-electron chi connectivity index (χ0n) is 15.9. The van der Waals surface area contributed by atoms with Crippen molar-refractivity contribution in [3.63, 3.8) is 0 Å². The number of rotatable bonds is 6. The molecule has 1 amide bonds. The largest absolute Gasteiger partial charge is 0.491 e. The molecule has 2 unspecified atom stereocenters. The van der Waals surface area contributed by atoms with Crippen LogP contribution in [0.25, 0.3) is 0 Å². The number of carbonyl (C=O) groups excluding carboxylic acids is 1. The molecule has 1 N–H and O–H groups in total. The second-order valence-electron chi connectivity index (χ2n) is 7.31. The molecule has 0 radical (unpaired) electrons. The number of nitrogens with one attached hydrogen (secondary N) is 1. The molecule has 1 aromatic heterocycles. The third-order valence-corrected chi connectivity index (χ3v) is 5.23. The number of amides is 1. The Morgan fingerprint density at radius 2 is 2.25 bits per heavy atom. The molecule has 2 atom stereocenters. The molecule has 2 saturated heterocycles. The number of hydrogen-bond donors (Lipinski definition) is 1. The van der Waals surface area contributed by atoms with Crippen molar-refractivity contribution >= 4 is 17.4 Å². The Balaban J connectivity index is 1.33. The Labute approximate surface area is 165 Å². The lowest BCUT2D eigenvalue weighted by molar-refractivity contribution is -0.120. The Hall–Kier alpha value is -2.67. The molecule has 0 bridgehead atoms. The van der Waals surface area contributed by atoms with Gasteiger partial charge in [-0.15, -0.1) is 0 Å². The normalized spacial score (nSPS) is 22.1. The van der Waals surface area contributed by atoms with Crippen LogP contribution in [-0.4, -0.2) is 48.3 Å². The zero-order valence-corrected chi connectivity index (χ0v) is 15.9. The van der Waals surface area contributed by atoms with Gasteiger partial charge in [0.15, 0.2) is 0 Å². The van der Waals surface area contributed by atoms with Gasteiger partial charge in [0.05, 0.1) is 18.2 Å². The lowest BCUT2D eigenvalue weighted by Crippen LogP contribution is -2.41. The van der Waals surface area contributed by atoms with Gasteiger partial charge < -0.3 is 19.7 Å². The highest BCUT2D eigenvalue weighted by Crippen LogP contribution is 2.24. The van der Waals surface area contributed by atoms with Crippen LogP contribution in [0.2, 0.25) is 0 Å². The SMILES string of the molecule is O=C(Nc1cccc(OCC2CCCO2)c1)C1CCCN(c2cnccn2)C1. The second kappa shape index (κ2) is 9.01. The van der Waals surface area contributed by atoms with Crippen molar-refractivity contribution in [1.29, 1.82) is 0 Å². The van der Waals surface area contributed by atoms with Crippen LogP contribution >= 0.6 is 0 Å². The van der Waals surface area contributed by atoms with E-state index in [9.17, 15) is 4.79 Å². The molecule has 1 aromatic carbocycles. The minimum Gasteiger partial charge on any atom is -0.491 e. The van der Waals surface area contributed by atoms with Crippen molar-refractivity contribution < 1.29 is 14.3 Å². The summed E-state index contributed by atoms with van der Waals surface area (Å²) in [5.74, 6) is 1.53. The van der Waals surface area contributed by atoms with Crippen molar-refractivity contribution in [2.24, 2.45) is 5.92 Å². The molecule has 0 spiro atoms. The second-order valence-corrected chi connectivity index (χ2v) is 7.31. The summed E-state index contributed by atoms with van der Waals surface area (Å²) >= 11 is 0. The Bertz CT molecular complexity index is 780. The number of carbonyl (C=O) groups is 1. The maximum Gasteiger partial charge on any atom is 0.229 e. The molecule has 4 rings (SSSR count). The number of benzene rings is 1. The quantitative estimate of drug-likeness (QED) is 0.828. The minimum atomic E-state index is -0.0766. The summed E-state index contributed by atoms with van der Waals surface area (Å²) < 4.78 is 11.4. The fourth-order valence-electron chi connectivity index (χ4n) is 3.73. The number of nitrogens with zero attached hydrogens (tertiary/aromatic N) is 3. The summed E-state index contributed by atoms with van der Waals surface area (Å²) in [4.78, 5) is 23.4. The lowest BCUT2D eigenvalue weighted by atomic mass is 9.97. The number of hydrogen-bond acceptors (Lipinski definition) is 6. The molecule has 2 fully saturated rings. The van der Waals surface area contributed by atoms with Crippen molar-refractivity contribution in [2.45, 2.75) is 31.8 Å². The molecule has 7 nitrogen and oxygen atoms in total. The highest BCUT2D eigenvalue weighted by atomic mass is 16.5. The van der Waals surface area contributed by atoms with Gasteiger partial charge in [-0.25, -0.2) is 4.98 Å². The smallest absolute Gasteiger partial charge is 0.229 e. The van der Waals surface area contributed by atoms with Gasteiger partial charge in [-0.05, 0) is 37.8 Å². The van der Waals surface area contributed by atoms with E-state index in [1.54, 1.807) is 18.6 Å². The van der Waals surface area contributed by atoms with E-state index >= 15 is 0 Å². The highest BCUT2D eigenvalue weighted by Gasteiger charge is 2.26. The first-order valence-corrected chi connectivity index (χ1v) is 9.94. The number of anilines is 2. The number of piperidine rings is 1. The molecule has 2 aromatic rings. The first-order chi connectivity index (χ1) is 13.8. The summed E-state index contributed by atoms with van der Waals surface area (Å²) in [6, 6.07) is 7.56. The Morgan fingerprint density at radius 1 is 1.29 bits per heavy atom. The monoisotopic (exact) mass is 382 g/mol. The summed E-state index contributed by atoms with van der Waals surface area (Å²) in [5.41, 5.74) is 0.756. The molecular formula is C21H26N4O3. The van der Waals surface area contributed by atoms with Crippen LogP contribution in [0.3, 0.4) is 0 Å². The van der Waals surface area contributed by atoms with Gasteiger partial charge in [-0.2, -0.15) is 0 Å². The molecule has 0 aliphatic carbocycles. The molecule has 0 saturated carbocycles. The van der Waals surface area contributed by atoms with E-state index in [1.165, 1.54) is 0 Å². The predicted molar refractivity (Wildman–Crippen MR) is 107 cm³/mol. The average Bonchev–Trinajstić information content (AvgIpc) is 3.27. The van der Waals surface area contributed by atoms with Gasteiger partial charge in [0.2, 0.25) is 5.91 Å². The van der Waals surface area contributed by atoms with Crippen LogP contribution in [-0.2, 0) is 9.53 Å². The van der Waals surface area contributed by atoms with Crippen LogP contribution in [0.4, 0.5) is 11.5 Å². The first kappa shape index (κ1) is 18.7. The standard InChI is InChI=1S/C21H26N4O3/c26-21(16-4-2-10-25(14-16)20-13-22-8-9-23-20)24-17-5-1-6-18(12-17)28-15-19-7-3-11-27-19/h1,5-6,8-9,12-13,16,19H,2-4,7,10-11,14-15H2,(H,24,26). The van der Waals surface area contributed by atoms with Crippen LogP contribution in [0, 0.1) is 5.92 Å². The van der Waals surface area contributed by atoms with E-state index in [-0.39, 0.29) is 17.9 Å². The molecule has 28 heavy (non-hydrogen) atoms. The molecule has 3 heterocycles. The average molecular weight is 382 g/mol. The van der Waals surface area contributed by atoms with Crippen LogP contribution in [0.15, 0.2) is 42.9 Å². The fraction of sp³-hybridized carbons (Fsp3) is 0.476. The molecule has 2 aliphatic heterocycles. The van der Waals surface area contributed by atoms with Crippen LogP contribution in [0.5, 0.6) is 5.75 Å². The third kappa shape index (κ3) is 4.78.